The molecule has 3 N–H and O–H groups in total. The van der Waals surface area contributed by atoms with Crippen LogP contribution in [-0.4, -0.2) is 82.9 Å². The second-order valence-electron chi connectivity index (χ2n) is 6.87. The molecule has 0 aromatic carbocycles. The molecule has 9 heteroatoms. The summed E-state index contributed by atoms with van der Waals surface area (Å²) in [5.74, 6) is -0.462. The number of ether oxygens (including phenoxy) is 5. The van der Waals surface area contributed by atoms with Gasteiger partial charge in [0.25, 0.3) is 0 Å². The smallest absolute Gasteiger partial charge is 0.308 e. The average Bonchev–Trinajstić information content (AvgIpc) is 2.56. The monoisotopic (exact) mass is 392 g/mol. The Bertz CT molecular complexity index is 398. The molecule has 0 aliphatic carbocycles. The molecule has 0 unspecified atom stereocenters. The maximum absolute atomic E-state index is 11.5. The number of carbonyl (C=O) groups excluding carboxylic acids is 2. The second-order valence-corrected chi connectivity index (χ2v) is 6.87. The van der Waals surface area contributed by atoms with Gasteiger partial charge >= 0.3 is 5.97 Å². The van der Waals surface area contributed by atoms with E-state index in [4.69, 9.17) is 29.4 Å². The van der Waals surface area contributed by atoms with E-state index in [0.717, 1.165) is 0 Å². The van der Waals surface area contributed by atoms with Gasteiger partial charge < -0.3 is 34.7 Å². The first kappa shape index (κ1) is 25.7. The van der Waals surface area contributed by atoms with Crippen LogP contribution >= 0.6 is 0 Å². The third kappa shape index (κ3) is 19.3. The van der Waals surface area contributed by atoms with Gasteiger partial charge in [0.2, 0.25) is 5.91 Å². The SMILES string of the molecule is C[C@H](N)C(=O)NCCOCCOCCOCCOCCC(=O)OC(C)(C)C. The van der Waals surface area contributed by atoms with Crippen LogP contribution in [0.1, 0.15) is 34.1 Å². The molecule has 0 saturated carbocycles. The fourth-order valence-corrected chi connectivity index (χ4v) is 1.72. The minimum Gasteiger partial charge on any atom is -0.460 e. The fraction of sp³-hybridized carbons (Fsp3) is 0.889. The van der Waals surface area contributed by atoms with Crippen molar-refractivity contribution in [2.45, 2.75) is 45.8 Å². The molecule has 0 saturated heterocycles. The summed E-state index contributed by atoms with van der Waals surface area (Å²) in [6, 6.07) is -0.510. The van der Waals surface area contributed by atoms with Gasteiger partial charge in [-0.05, 0) is 27.7 Å². The van der Waals surface area contributed by atoms with Crippen LogP contribution in [0.3, 0.4) is 0 Å². The first-order valence-electron chi connectivity index (χ1n) is 9.28. The van der Waals surface area contributed by atoms with Crippen LogP contribution in [0.5, 0.6) is 0 Å². The first-order chi connectivity index (χ1) is 12.7. The summed E-state index contributed by atoms with van der Waals surface area (Å²) in [4.78, 5) is 22.6. The number of hydrogen-bond donors (Lipinski definition) is 2. The molecule has 0 bridgehead atoms. The van der Waals surface area contributed by atoms with Gasteiger partial charge in [-0.2, -0.15) is 0 Å². The van der Waals surface area contributed by atoms with Gasteiger partial charge in [-0.25, -0.2) is 0 Å². The van der Waals surface area contributed by atoms with E-state index in [1.54, 1.807) is 6.92 Å². The van der Waals surface area contributed by atoms with Crippen LogP contribution in [0, 0.1) is 0 Å². The number of esters is 1. The van der Waals surface area contributed by atoms with Crippen molar-refractivity contribution in [2.24, 2.45) is 5.73 Å². The van der Waals surface area contributed by atoms with Crippen molar-refractivity contribution in [2.75, 3.05) is 59.4 Å². The molecule has 0 fully saturated rings. The summed E-state index contributed by atoms with van der Waals surface area (Å²) in [7, 11) is 0. The highest BCUT2D eigenvalue weighted by atomic mass is 16.6. The van der Waals surface area contributed by atoms with Gasteiger partial charge in [0.1, 0.15) is 5.60 Å². The first-order valence-corrected chi connectivity index (χ1v) is 9.28. The maximum Gasteiger partial charge on any atom is 0.308 e. The molecule has 0 aromatic rings. The van der Waals surface area contributed by atoms with E-state index in [-0.39, 0.29) is 18.3 Å². The molecular weight excluding hydrogens is 356 g/mol. The molecule has 0 rings (SSSR count). The quantitative estimate of drug-likeness (QED) is 0.283. The lowest BCUT2D eigenvalue weighted by Crippen LogP contribution is -2.39. The number of hydrogen-bond acceptors (Lipinski definition) is 8. The van der Waals surface area contributed by atoms with E-state index >= 15 is 0 Å². The number of nitrogens with two attached hydrogens (primary N) is 1. The summed E-state index contributed by atoms with van der Waals surface area (Å²) in [6.07, 6.45) is 0.231. The summed E-state index contributed by atoms with van der Waals surface area (Å²) in [6.45, 7) is 11.0. The lowest BCUT2D eigenvalue weighted by Gasteiger charge is -2.19. The average molecular weight is 392 g/mol. The topological polar surface area (TPSA) is 118 Å². The number of amides is 1. The third-order valence-electron chi connectivity index (χ3n) is 2.95. The van der Waals surface area contributed by atoms with Crippen molar-refractivity contribution in [3.8, 4) is 0 Å². The van der Waals surface area contributed by atoms with Crippen molar-refractivity contribution in [1.29, 1.82) is 0 Å². The molecule has 0 spiro atoms. The molecule has 1 amide bonds. The molecule has 9 nitrogen and oxygen atoms in total. The summed E-state index contributed by atoms with van der Waals surface area (Å²) in [5, 5.41) is 2.65. The number of carbonyl (C=O) groups is 2. The minimum absolute atomic E-state index is 0.194. The zero-order valence-corrected chi connectivity index (χ0v) is 17.1. The lowest BCUT2D eigenvalue weighted by molar-refractivity contribution is -0.156. The van der Waals surface area contributed by atoms with Gasteiger partial charge in [-0.3, -0.25) is 9.59 Å². The van der Waals surface area contributed by atoms with Gasteiger partial charge in [-0.15, -0.1) is 0 Å². The van der Waals surface area contributed by atoms with Crippen LogP contribution in [0.2, 0.25) is 0 Å². The van der Waals surface area contributed by atoms with Crippen molar-refractivity contribution in [1.82, 2.24) is 5.32 Å². The lowest BCUT2D eigenvalue weighted by atomic mass is 10.2. The largest absolute Gasteiger partial charge is 0.460 e. The molecule has 160 valence electrons. The standard InChI is InChI=1S/C18H36N2O7/c1-15(19)17(22)20-6-8-24-10-12-26-14-13-25-11-9-23-7-5-16(21)27-18(2,3)4/h15H,5-14,19H2,1-4H3,(H,20,22)/t15-/m0/s1. The predicted octanol–water partition coefficient (Wildman–Crippen LogP) is 0.248. The minimum atomic E-state index is -0.510. The number of nitrogens with one attached hydrogen (secondary N) is 1. The molecule has 0 heterocycles. The Kier molecular flexibility index (Phi) is 15.0. The number of rotatable bonds is 16. The molecular formula is C18H36N2O7. The van der Waals surface area contributed by atoms with Crippen LogP contribution in [0.15, 0.2) is 0 Å². The third-order valence-corrected chi connectivity index (χ3v) is 2.95. The molecule has 0 aliphatic heterocycles. The van der Waals surface area contributed by atoms with E-state index < -0.39 is 11.6 Å². The van der Waals surface area contributed by atoms with E-state index in [1.165, 1.54) is 0 Å². The van der Waals surface area contributed by atoms with E-state index in [1.807, 2.05) is 20.8 Å². The Morgan fingerprint density at radius 3 is 1.74 bits per heavy atom. The van der Waals surface area contributed by atoms with Crippen molar-refractivity contribution in [3.63, 3.8) is 0 Å². The van der Waals surface area contributed by atoms with Gasteiger partial charge in [-0.1, -0.05) is 0 Å². The zero-order chi connectivity index (χ0) is 20.5. The van der Waals surface area contributed by atoms with Crippen LogP contribution < -0.4 is 11.1 Å². The Balaban J connectivity index is 3.21. The molecule has 1 atom stereocenters. The summed E-state index contributed by atoms with van der Waals surface area (Å²) >= 11 is 0. The predicted molar refractivity (Wildman–Crippen MR) is 100 cm³/mol. The highest BCUT2D eigenvalue weighted by Crippen LogP contribution is 2.07. The highest BCUT2D eigenvalue weighted by Gasteiger charge is 2.15. The normalized spacial score (nSPS) is 12.6. The van der Waals surface area contributed by atoms with Crippen LogP contribution in [-0.2, 0) is 33.3 Å². The second kappa shape index (κ2) is 15.8. The van der Waals surface area contributed by atoms with E-state index in [2.05, 4.69) is 5.32 Å². The van der Waals surface area contributed by atoms with E-state index in [0.29, 0.717) is 59.4 Å². The summed E-state index contributed by atoms with van der Waals surface area (Å²) < 4.78 is 26.5. The molecule has 0 aliphatic rings. The zero-order valence-electron chi connectivity index (χ0n) is 17.1. The Labute approximate surface area is 162 Å². The van der Waals surface area contributed by atoms with Gasteiger partial charge in [0.15, 0.2) is 0 Å². The molecule has 0 radical (unpaired) electrons. The maximum atomic E-state index is 11.5. The fourth-order valence-electron chi connectivity index (χ4n) is 1.72. The van der Waals surface area contributed by atoms with Crippen molar-refractivity contribution < 1.29 is 33.3 Å². The molecule has 0 aromatic heterocycles. The van der Waals surface area contributed by atoms with Crippen LogP contribution in [0.4, 0.5) is 0 Å². The van der Waals surface area contributed by atoms with Crippen molar-refractivity contribution in [3.05, 3.63) is 0 Å². The van der Waals surface area contributed by atoms with Gasteiger partial charge in [0.05, 0.1) is 65.3 Å². The molecule has 27 heavy (non-hydrogen) atoms. The van der Waals surface area contributed by atoms with Crippen LogP contribution in [0.25, 0.3) is 0 Å². The van der Waals surface area contributed by atoms with Gasteiger partial charge in [0, 0.05) is 6.54 Å². The Morgan fingerprint density at radius 1 is 0.852 bits per heavy atom. The van der Waals surface area contributed by atoms with Crippen molar-refractivity contribution >= 4 is 11.9 Å². The van der Waals surface area contributed by atoms with E-state index in [9.17, 15) is 9.59 Å². The summed E-state index contributed by atoms with van der Waals surface area (Å²) in [5.41, 5.74) is 4.94. The highest BCUT2D eigenvalue weighted by molar-refractivity contribution is 5.80. The Hall–Kier alpha value is -1.26. The Morgan fingerprint density at radius 2 is 1.30 bits per heavy atom.